The Hall–Kier alpha value is -0.0800. The van der Waals surface area contributed by atoms with Gasteiger partial charge < -0.3 is 9.47 Å². The number of rotatable bonds is 0. The van der Waals surface area contributed by atoms with E-state index in [1.54, 1.807) is 0 Å². The maximum Gasteiger partial charge on any atom is 0.161 e. The summed E-state index contributed by atoms with van der Waals surface area (Å²) in [4.78, 5) is 0. The van der Waals surface area contributed by atoms with Gasteiger partial charge in [-0.3, -0.25) is 0 Å². The zero-order chi connectivity index (χ0) is 12.9. The zero-order valence-corrected chi connectivity index (χ0v) is 12.3. The van der Waals surface area contributed by atoms with Gasteiger partial charge in [-0.05, 0) is 56.8 Å². The summed E-state index contributed by atoms with van der Waals surface area (Å²) in [6.45, 7) is 9.26. The van der Waals surface area contributed by atoms with Crippen LogP contribution in [0.15, 0.2) is 0 Å². The van der Waals surface area contributed by atoms with Gasteiger partial charge in [0.05, 0.1) is 12.2 Å². The van der Waals surface area contributed by atoms with Crippen LogP contribution < -0.4 is 0 Å². The minimum absolute atomic E-state index is 0.0754. The van der Waals surface area contributed by atoms with E-state index in [9.17, 15) is 0 Å². The largest absolute Gasteiger partial charge is 0.349 e. The molecule has 3 fully saturated rings. The molecule has 0 bridgehead atoms. The molecule has 0 radical (unpaired) electrons. The van der Waals surface area contributed by atoms with Gasteiger partial charge in [0.25, 0.3) is 0 Å². The molecule has 2 heterocycles. The molecule has 18 heavy (non-hydrogen) atoms. The van der Waals surface area contributed by atoms with Crippen molar-refractivity contribution in [2.75, 3.05) is 0 Å². The molecule has 2 nitrogen and oxygen atoms in total. The fourth-order valence-electron chi connectivity index (χ4n) is 4.67. The summed E-state index contributed by atoms with van der Waals surface area (Å²) in [5.74, 6) is 3.86. The second-order valence-electron chi connectivity index (χ2n) is 7.05. The second-order valence-corrected chi connectivity index (χ2v) is 7.05. The van der Waals surface area contributed by atoms with E-state index in [1.807, 2.05) is 0 Å². The second kappa shape index (κ2) is 4.79. The lowest BCUT2D eigenvalue weighted by Crippen LogP contribution is -2.52. The number of hydrogen-bond acceptors (Lipinski definition) is 2. The molecule has 104 valence electrons. The molecule has 2 aliphatic heterocycles. The SMILES string of the molecule is CC1CCC2C3C(CC[C@H]2C)[C@@H](C)[C@H](C)O[C@@H]3O1. The Morgan fingerprint density at radius 3 is 2.28 bits per heavy atom. The van der Waals surface area contributed by atoms with Crippen molar-refractivity contribution in [3.8, 4) is 0 Å². The first-order valence-electron chi connectivity index (χ1n) is 7.89. The minimum Gasteiger partial charge on any atom is -0.349 e. The number of ether oxygens (including phenoxy) is 2. The molecule has 1 saturated carbocycles. The van der Waals surface area contributed by atoms with Gasteiger partial charge in [0.15, 0.2) is 6.29 Å². The van der Waals surface area contributed by atoms with Crippen molar-refractivity contribution < 1.29 is 9.47 Å². The highest BCUT2D eigenvalue weighted by Gasteiger charge is 2.50. The van der Waals surface area contributed by atoms with Crippen LogP contribution in [-0.4, -0.2) is 18.5 Å². The summed E-state index contributed by atoms with van der Waals surface area (Å²) in [5, 5.41) is 0. The Balaban J connectivity index is 1.90. The van der Waals surface area contributed by atoms with E-state index in [0.717, 1.165) is 17.8 Å². The first-order valence-corrected chi connectivity index (χ1v) is 7.89. The molecule has 0 aromatic heterocycles. The summed E-state index contributed by atoms with van der Waals surface area (Å²) < 4.78 is 12.4. The third-order valence-corrected chi connectivity index (χ3v) is 6.03. The van der Waals surface area contributed by atoms with Gasteiger partial charge >= 0.3 is 0 Å². The molecule has 3 aliphatic rings. The highest BCUT2D eigenvalue weighted by Crippen LogP contribution is 2.52. The fourth-order valence-corrected chi connectivity index (χ4v) is 4.67. The normalized spacial score (nSPS) is 56.7. The topological polar surface area (TPSA) is 18.5 Å². The maximum atomic E-state index is 6.22. The van der Waals surface area contributed by atoms with E-state index in [1.165, 1.54) is 25.7 Å². The standard InChI is InChI=1S/C16H28O2/c1-9-5-7-14-11(3)12(4)18-16-15(14)13(9)8-6-10(2)17-16/h9-16H,5-8H2,1-4H3/t9-,10?,11+,12+,13?,14?,15?,16+/m1/s1. The van der Waals surface area contributed by atoms with Crippen molar-refractivity contribution in [3.63, 3.8) is 0 Å². The van der Waals surface area contributed by atoms with Crippen LogP contribution in [0.1, 0.15) is 53.4 Å². The number of hydrogen-bond donors (Lipinski definition) is 0. The lowest BCUT2D eigenvalue weighted by Gasteiger charge is -2.51. The Labute approximate surface area is 111 Å². The molecule has 8 atom stereocenters. The molecule has 2 saturated heterocycles. The first-order chi connectivity index (χ1) is 8.58. The summed E-state index contributed by atoms with van der Waals surface area (Å²) in [6, 6.07) is 0. The fraction of sp³-hybridized carbons (Fsp3) is 1.00. The average molecular weight is 252 g/mol. The maximum absolute atomic E-state index is 6.22. The molecular formula is C16H28O2. The van der Waals surface area contributed by atoms with Crippen LogP contribution in [0, 0.1) is 29.6 Å². The van der Waals surface area contributed by atoms with Crippen LogP contribution in [0.4, 0.5) is 0 Å². The first kappa shape index (κ1) is 12.9. The van der Waals surface area contributed by atoms with Crippen molar-refractivity contribution in [2.45, 2.75) is 71.9 Å². The molecule has 2 heteroatoms. The molecule has 4 unspecified atom stereocenters. The Morgan fingerprint density at radius 1 is 0.778 bits per heavy atom. The van der Waals surface area contributed by atoms with Crippen LogP contribution in [0.25, 0.3) is 0 Å². The Kier molecular flexibility index (Phi) is 3.44. The lowest BCUT2D eigenvalue weighted by molar-refractivity contribution is -0.273. The van der Waals surface area contributed by atoms with Crippen LogP contribution in [0.2, 0.25) is 0 Å². The minimum atomic E-state index is 0.0754. The van der Waals surface area contributed by atoms with Crippen molar-refractivity contribution in [2.24, 2.45) is 29.6 Å². The highest BCUT2D eigenvalue weighted by atomic mass is 16.7. The van der Waals surface area contributed by atoms with Crippen molar-refractivity contribution in [1.82, 2.24) is 0 Å². The Morgan fingerprint density at radius 2 is 1.50 bits per heavy atom. The van der Waals surface area contributed by atoms with E-state index in [2.05, 4.69) is 27.7 Å². The summed E-state index contributed by atoms with van der Waals surface area (Å²) in [5.41, 5.74) is 0. The third-order valence-electron chi connectivity index (χ3n) is 6.03. The molecule has 0 N–H and O–H groups in total. The molecule has 0 aromatic rings. The van der Waals surface area contributed by atoms with Crippen molar-refractivity contribution in [1.29, 1.82) is 0 Å². The van der Waals surface area contributed by atoms with Gasteiger partial charge in [0.2, 0.25) is 0 Å². The van der Waals surface area contributed by atoms with Gasteiger partial charge in [-0.25, -0.2) is 0 Å². The van der Waals surface area contributed by atoms with Gasteiger partial charge in [-0.15, -0.1) is 0 Å². The average Bonchev–Trinajstić information content (AvgIpc) is 2.49. The summed E-state index contributed by atoms with van der Waals surface area (Å²) in [7, 11) is 0. The van der Waals surface area contributed by atoms with Crippen LogP contribution >= 0.6 is 0 Å². The van der Waals surface area contributed by atoms with E-state index >= 15 is 0 Å². The van der Waals surface area contributed by atoms with Crippen molar-refractivity contribution >= 4 is 0 Å². The van der Waals surface area contributed by atoms with E-state index in [0.29, 0.717) is 24.0 Å². The summed E-state index contributed by atoms with van der Waals surface area (Å²) in [6.07, 6.45) is 6.14. The monoisotopic (exact) mass is 252 g/mol. The van der Waals surface area contributed by atoms with E-state index in [4.69, 9.17) is 9.47 Å². The summed E-state index contributed by atoms with van der Waals surface area (Å²) >= 11 is 0. The van der Waals surface area contributed by atoms with Gasteiger partial charge in [0, 0.05) is 5.92 Å². The van der Waals surface area contributed by atoms with Gasteiger partial charge in [0.1, 0.15) is 0 Å². The van der Waals surface area contributed by atoms with Crippen LogP contribution in [0.5, 0.6) is 0 Å². The van der Waals surface area contributed by atoms with Gasteiger partial charge in [-0.2, -0.15) is 0 Å². The smallest absolute Gasteiger partial charge is 0.161 e. The highest BCUT2D eigenvalue weighted by molar-refractivity contribution is 4.95. The van der Waals surface area contributed by atoms with Crippen LogP contribution in [-0.2, 0) is 9.47 Å². The predicted octanol–water partition coefficient (Wildman–Crippen LogP) is 3.84. The van der Waals surface area contributed by atoms with E-state index in [-0.39, 0.29) is 6.29 Å². The zero-order valence-electron chi connectivity index (χ0n) is 12.3. The molecule has 0 spiro atoms. The predicted molar refractivity (Wildman–Crippen MR) is 72.1 cm³/mol. The Bertz CT molecular complexity index is 301. The molecule has 3 rings (SSSR count). The molecular weight excluding hydrogens is 224 g/mol. The third kappa shape index (κ3) is 2.02. The molecule has 0 aromatic carbocycles. The van der Waals surface area contributed by atoms with Gasteiger partial charge in [-0.1, -0.05) is 20.3 Å². The van der Waals surface area contributed by atoms with E-state index < -0.39 is 0 Å². The molecule has 1 aliphatic carbocycles. The van der Waals surface area contributed by atoms with Crippen molar-refractivity contribution in [3.05, 3.63) is 0 Å². The lowest BCUT2D eigenvalue weighted by atomic mass is 9.60. The van der Waals surface area contributed by atoms with Crippen LogP contribution in [0.3, 0.4) is 0 Å². The quantitative estimate of drug-likeness (QED) is 0.652. The molecule has 0 amide bonds.